The third kappa shape index (κ3) is 5.93. The molecule has 9 aromatic carbocycles. The Hall–Kier alpha value is -8.08. The minimum atomic E-state index is 0.697. The van der Waals surface area contributed by atoms with Crippen LogP contribution in [-0.4, -0.2) is 9.97 Å². The Labute approximate surface area is 345 Å². The molecule has 0 saturated heterocycles. The molecule has 4 nitrogen and oxygen atoms in total. The minimum absolute atomic E-state index is 0.697. The molecule has 0 aliphatic carbocycles. The van der Waals surface area contributed by atoms with Gasteiger partial charge in [0.2, 0.25) is 0 Å². The maximum atomic E-state index is 6.21. The second kappa shape index (κ2) is 13.8. The van der Waals surface area contributed by atoms with E-state index in [1.54, 1.807) is 0 Å². The molecular weight excluding hydrogens is 733 g/mol. The van der Waals surface area contributed by atoms with Crippen LogP contribution < -0.4 is 0 Å². The second-order valence-corrected chi connectivity index (χ2v) is 15.4. The topological polar surface area (TPSA) is 52.1 Å². The van der Waals surface area contributed by atoms with E-state index in [9.17, 15) is 0 Å². The predicted octanol–water partition coefficient (Wildman–Crippen LogP) is 15.4. The van der Waals surface area contributed by atoms with Crippen LogP contribution in [0.4, 0.5) is 0 Å². The number of hydrogen-bond donors (Lipinski definition) is 0. The fraction of sp³-hybridized carbons (Fsp3) is 0. The van der Waals surface area contributed by atoms with E-state index in [1.165, 1.54) is 10.8 Å². The lowest BCUT2D eigenvalue weighted by molar-refractivity contribution is 0.668. The minimum Gasteiger partial charge on any atom is -0.456 e. The van der Waals surface area contributed by atoms with Crippen molar-refractivity contribution in [1.82, 2.24) is 9.97 Å². The molecule has 0 spiro atoms. The Morgan fingerprint density at radius 1 is 0.250 bits per heavy atom. The lowest BCUT2D eigenvalue weighted by atomic mass is 9.92. The van der Waals surface area contributed by atoms with Gasteiger partial charge in [-0.05, 0) is 111 Å². The number of hydrogen-bond acceptors (Lipinski definition) is 4. The average Bonchev–Trinajstić information content (AvgIpc) is 3.89. The van der Waals surface area contributed by atoms with Crippen LogP contribution in [0.5, 0.6) is 0 Å². The van der Waals surface area contributed by atoms with Crippen LogP contribution in [0.1, 0.15) is 0 Å². The molecule has 3 aromatic heterocycles. The largest absolute Gasteiger partial charge is 0.456 e. The van der Waals surface area contributed by atoms with Gasteiger partial charge in [0.05, 0.1) is 11.4 Å². The van der Waals surface area contributed by atoms with Gasteiger partial charge in [-0.25, -0.2) is 9.97 Å². The summed E-state index contributed by atoms with van der Waals surface area (Å²) in [6.07, 6.45) is 0. The van der Waals surface area contributed by atoms with Crippen molar-refractivity contribution in [1.29, 1.82) is 0 Å². The van der Waals surface area contributed by atoms with Crippen molar-refractivity contribution >= 4 is 54.6 Å². The molecule has 0 amide bonds. The van der Waals surface area contributed by atoms with Gasteiger partial charge in [-0.15, -0.1) is 0 Å². The van der Waals surface area contributed by atoms with Gasteiger partial charge in [-0.2, -0.15) is 0 Å². The Balaban J connectivity index is 0.987. The van der Waals surface area contributed by atoms with Crippen molar-refractivity contribution in [2.45, 2.75) is 0 Å². The van der Waals surface area contributed by atoms with Crippen LogP contribution >= 0.6 is 0 Å². The van der Waals surface area contributed by atoms with Crippen molar-refractivity contribution in [2.75, 3.05) is 0 Å². The summed E-state index contributed by atoms with van der Waals surface area (Å²) >= 11 is 0. The van der Waals surface area contributed by atoms with Gasteiger partial charge in [0.1, 0.15) is 22.3 Å². The normalized spacial score (nSPS) is 11.7. The van der Waals surface area contributed by atoms with Crippen LogP contribution in [0.25, 0.3) is 122 Å². The average molecular weight is 767 g/mol. The molecule has 0 unspecified atom stereocenters. The van der Waals surface area contributed by atoms with E-state index in [2.05, 4.69) is 164 Å². The highest BCUT2D eigenvalue weighted by Crippen LogP contribution is 2.39. The van der Waals surface area contributed by atoms with E-state index in [4.69, 9.17) is 18.8 Å². The molecule has 12 rings (SSSR count). The van der Waals surface area contributed by atoms with E-state index in [0.717, 1.165) is 105 Å². The highest BCUT2D eigenvalue weighted by atomic mass is 16.3. The van der Waals surface area contributed by atoms with Gasteiger partial charge in [0.15, 0.2) is 5.82 Å². The fourth-order valence-corrected chi connectivity index (χ4v) is 8.58. The Kier molecular flexibility index (Phi) is 7.82. The summed E-state index contributed by atoms with van der Waals surface area (Å²) < 4.78 is 12.4. The molecule has 12 aromatic rings. The zero-order chi connectivity index (χ0) is 39.6. The van der Waals surface area contributed by atoms with Gasteiger partial charge in [-0.3, -0.25) is 0 Å². The quantitative estimate of drug-likeness (QED) is 0.169. The summed E-state index contributed by atoms with van der Waals surface area (Å²) in [6.45, 7) is 0. The molecule has 0 atom stereocenters. The number of nitrogens with zero attached hydrogens (tertiary/aromatic N) is 2. The summed E-state index contributed by atoms with van der Waals surface area (Å²) in [5, 5.41) is 6.82. The molecular formula is C56H34N2O2. The molecule has 0 bridgehead atoms. The van der Waals surface area contributed by atoms with Crippen molar-refractivity contribution < 1.29 is 8.83 Å². The predicted molar refractivity (Wildman–Crippen MR) is 247 cm³/mol. The van der Waals surface area contributed by atoms with Gasteiger partial charge in [0, 0.05) is 38.2 Å². The maximum absolute atomic E-state index is 6.21. The smallest absolute Gasteiger partial charge is 0.160 e. The number of furan rings is 2. The molecule has 0 radical (unpaired) electrons. The summed E-state index contributed by atoms with van der Waals surface area (Å²) in [7, 11) is 0. The van der Waals surface area contributed by atoms with Crippen molar-refractivity contribution in [2.24, 2.45) is 0 Å². The molecule has 0 aliphatic rings. The third-order valence-electron chi connectivity index (χ3n) is 11.7. The lowest BCUT2D eigenvalue weighted by Crippen LogP contribution is -1.96. The molecule has 3 heterocycles. The van der Waals surface area contributed by atoms with Crippen LogP contribution in [0.3, 0.4) is 0 Å². The van der Waals surface area contributed by atoms with Crippen molar-refractivity contribution in [3.05, 3.63) is 206 Å². The van der Waals surface area contributed by atoms with Gasteiger partial charge in [0.25, 0.3) is 0 Å². The summed E-state index contributed by atoms with van der Waals surface area (Å²) in [5.41, 5.74) is 15.1. The first-order valence-electron chi connectivity index (χ1n) is 20.2. The fourth-order valence-electron chi connectivity index (χ4n) is 8.58. The van der Waals surface area contributed by atoms with E-state index in [1.807, 2.05) is 42.5 Å². The van der Waals surface area contributed by atoms with Gasteiger partial charge in [-0.1, -0.05) is 140 Å². The Bertz CT molecular complexity index is 3470. The number of para-hydroxylation sites is 2. The monoisotopic (exact) mass is 766 g/mol. The molecule has 0 aliphatic heterocycles. The Morgan fingerprint density at radius 2 is 0.717 bits per heavy atom. The molecule has 280 valence electrons. The van der Waals surface area contributed by atoms with E-state index in [-0.39, 0.29) is 0 Å². The van der Waals surface area contributed by atoms with Gasteiger partial charge >= 0.3 is 0 Å². The van der Waals surface area contributed by atoms with Crippen LogP contribution in [0.15, 0.2) is 215 Å². The van der Waals surface area contributed by atoms with Gasteiger partial charge < -0.3 is 8.83 Å². The summed E-state index contributed by atoms with van der Waals surface area (Å²) in [4.78, 5) is 10.2. The zero-order valence-corrected chi connectivity index (χ0v) is 32.3. The maximum Gasteiger partial charge on any atom is 0.160 e. The third-order valence-corrected chi connectivity index (χ3v) is 11.7. The molecule has 4 heteroatoms. The molecule has 0 saturated carbocycles. The summed E-state index contributed by atoms with van der Waals surface area (Å²) in [6, 6.07) is 72.4. The lowest BCUT2D eigenvalue weighted by Gasteiger charge is -2.13. The molecule has 0 fully saturated rings. The van der Waals surface area contributed by atoms with E-state index >= 15 is 0 Å². The van der Waals surface area contributed by atoms with Crippen LogP contribution in [-0.2, 0) is 0 Å². The second-order valence-electron chi connectivity index (χ2n) is 15.4. The first-order chi connectivity index (χ1) is 29.7. The first-order valence-corrected chi connectivity index (χ1v) is 20.2. The van der Waals surface area contributed by atoms with E-state index in [0.29, 0.717) is 5.82 Å². The van der Waals surface area contributed by atoms with Crippen LogP contribution in [0, 0.1) is 0 Å². The molecule has 60 heavy (non-hydrogen) atoms. The van der Waals surface area contributed by atoms with Crippen molar-refractivity contribution in [3.8, 4) is 67.3 Å². The zero-order valence-electron chi connectivity index (χ0n) is 32.3. The number of fused-ring (bicyclic) bond motifs is 7. The number of benzene rings is 9. The highest BCUT2D eigenvalue weighted by Gasteiger charge is 2.15. The van der Waals surface area contributed by atoms with E-state index < -0.39 is 0 Å². The Morgan fingerprint density at radius 3 is 1.35 bits per heavy atom. The van der Waals surface area contributed by atoms with Crippen LogP contribution in [0.2, 0.25) is 0 Å². The van der Waals surface area contributed by atoms with Crippen molar-refractivity contribution in [3.63, 3.8) is 0 Å². The SMILES string of the molecule is c1ccc(-c2nc(-c3ccc(-c4cc(-c5ccc6oc7ccccc7c6c5)cc(-c5ccc6oc7ccccc7c6c5)c4)cc3)cc(-c3ccc4ccccc4c3)n2)cc1. The molecule has 0 N–H and O–H groups in total. The number of rotatable bonds is 6. The number of aromatic nitrogens is 2. The highest BCUT2D eigenvalue weighted by molar-refractivity contribution is 6.08. The summed E-state index contributed by atoms with van der Waals surface area (Å²) in [5.74, 6) is 0.697. The first kappa shape index (κ1) is 34.0. The standard InChI is InChI=1S/C56H34N2O2/c1-2-11-38(12-3-1)56-57-50(34-51(58-56)42-23-20-35-10-4-5-13-39(35)28-42)37-21-18-36(19-22-37)43-29-44(40-24-26-54-48(32-40)46-14-6-8-16-52(46)59-54)31-45(30-43)41-25-27-55-49(33-41)47-15-7-9-17-53(47)60-55/h1-34H.